The van der Waals surface area contributed by atoms with Crippen LogP contribution in [-0.2, 0) is 4.74 Å². The average molecular weight is 263 g/mol. The second-order valence-corrected chi connectivity index (χ2v) is 5.05. The molecule has 0 spiro atoms. The Balaban J connectivity index is 2.57. The van der Waals surface area contributed by atoms with Crippen molar-refractivity contribution in [1.29, 1.82) is 0 Å². The quantitative estimate of drug-likeness (QED) is 0.598. The molecule has 0 aliphatic rings. The number of carbonyl (C=O) groups is 1. The third kappa shape index (κ3) is 4.58. The minimum absolute atomic E-state index is 0.309. The number of hydrogen-bond acceptors (Lipinski definition) is 3. The van der Waals surface area contributed by atoms with E-state index in [0.29, 0.717) is 23.8 Å². The number of benzene rings is 1. The van der Waals surface area contributed by atoms with Crippen molar-refractivity contribution < 1.29 is 9.53 Å². The van der Waals surface area contributed by atoms with E-state index in [2.05, 4.69) is 13.8 Å². The number of nitrogens with two attached hydrogens (primary N) is 1. The number of hydrogen-bond donors (Lipinski definition) is 1. The van der Waals surface area contributed by atoms with Crippen molar-refractivity contribution in [3.63, 3.8) is 0 Å². The number of esters is 1. The van der Waals surface area contributed by atoms with Gasteiger partial charge in [0.2, 0.25) is 0 Å². The molecule has 0 bridgehead atoms. The molecule has 0 aliphatic heterocycles. The van der Waals surface area contributed by atoms with Crippen LogP contribution >= 0.6 is 0 Å². The van der Waals surface area contributed by atoms with Gasteiger partial charge < -0.3 is 10.5 Å². The zero-order valence-electron chi connectivity index (χ0n) is 12.2. The lowest BCUT2D eigenvalue weighted by molar-refractivity contribution is 0.0429. The summed E-state index contributed by atoms with van der Waals surface area (Å²) in [4.78, 5) is 12.0. The Morgan fingerprint density at radius 2 is 2.11 bits per heavy atom. The number of aryl methyl sites for hydroxylation is 1. The normalized spacial score (nSPS) is 12.2. The van der Waals surface area contributed by atoms with Gasteiger partial charge in [0.25, 0.3) is 0 Å². The summed E-state index contributed by atoms with van der Waals surface area (Å²) in [5.41, 5.74) is 7.81. The molecular formula is C16H25NO2. The van der Waals surface area contributed by atoms with Gasteiger partial charge in [0.15, 0.2) is 0 Å². The van der Waals surface area contributed by atoms with Crippen LogP contribution in [0.15, 0.2) is 18.2 Å². The summed E-state index contributed by atoms with van der Waals surface area (Å²) in [7, 11) is 0. The maximum atomic E-state index is 12.0. The fourth-order valence-corrected chi connectivity index (χ4v) is 2.03. The summed E-state index contributed by atoms with van der Waals surface area (Å²) in [6.07, 6.45) is 4.51. The molecule has 1 unspecified atom stereocenters. The van der Waals surface area contributed by atoms with Crippen molar-refractivity contribution in [3.8, 4) is 0 Å². The first kappa shape index (κ1) is 15.5. The van der Waals surface area contributed by atoms with Gasteiger partial charge in [0.1, 0.15) is 0 Å². The lowest BCUT2D eigenvalue weighted by Crippen LogP contribution is -2.15. The second kappa shape index (κ2) is 7.82. The molecule has 1 atom stereocenters. The van der Waals surface area contributed by atoms with Gasteiger partial charge in [-0.25, -0.2) is 4.79 Å². The minimum Gasteiger partial charge on any atom is -0.462 e. The van der Waals surface area contributed by atoms with E-state index < -0.39 is 0 Å². The van der Waals surface area contributed by atoms with Crippen LogP contribution in [0, 0.1) is 12.8 Å². The number of para-hydroxylation sites is 1. The van der Waals surface area contributed by atoms with Crippen LogP contribution in [0.1, 0.15) is 55.5 Å². The molecule has 0 heterocycles. The average Bonchev–Trinajstić information content (AvgIpc) is 2.42. The first-order chi connectivity index (χ1) is 9.10. The number of rotatable bonds is 7. The Labute approximate surface area is 116 Å². The number of anilines is 1. The summed E-state index contributed by atoms with van der Waals surface area (Å²) < 4.78 is 5.40. The molecule has 3 heteroatoms. The molecule has 0 saturated carbocycles. The van der Waals surface area contributed by atoms with E-state index in [1.807, 2.05) is 19.1 Å². The van der Waals surface area contributed by atoms with Crippen LogP contribution in [0.5, 0.6) is 0 Å². The molecule has 19 heavy (non-hydrogen) atoms. The van der Waals surface area contributed by atoms with Gasteiger partial charge in [-0.05, 0) is 30.9 Å². The van der Waals surface area contributed by atoms with Gasteiger partial charge in [-0.15, -0.1) is 0 Å². The summed E-state index contributed by atoms with van der Waals surface area (Å²) in [5, 5.41) is 0. The van der Waals surface area contributed by atoms with Gasteiger partial charge >= 0.3 is 5.97 Å². The SMILES string of the molecule is CCCCC(CC)COC(=O)c1cccc(C)c1N. The first-order valence-corrected chi connectivity index (χ1v) is 7.12. The second-order valence-electron chi connectivity index (χ2n) is 5.05. The van der Waals surface area contributed by atoms with Crippen LogP contribution < -0.4 is 5.73 Å². The van der Waals surface area contributed by atoms with E-state index in [1.54, 1.807) is 6.07 Å². The van der Waals surface area contributed by atoms with Crippen molar-refractivity contribution in [1.82, 2.24) is 0 Å². The maximum Gasteiger partial charge on any atom is 0.340 e. The van der Waals surface area contributed by atoms with Crippen LogP contribution in [0.25, 0.3) is 0 Å². The number of ether oxygens (including phenoxy) is 1. The molecule has 2 N–H and O–H groups in total. The smallest absolute Gasteiger partial charge is 0.340 e. The summed E-state index contributed by atoms with van der Waals surface area (Å²) >= 11 is 0. The molecule has 1 aromatic carbocycles. The van der Waals surface area contributed by atoms with Gasteiger partial charge in [-0.2, -0.15) is 0 Å². The van der Waals surface area contributed by atoms with E-state index in [4.69, 9.17) is 10.5 Å². The molecule has 0 fully saturated rings. The van der Waals surface area contributed by atoms with Crippen molar-refractivity contribution >= 4 is 11.7 Å². The molecule has 1 aromatic rings. The van der Waals surface area contributed by atoms with Crippen LogP contribution in [0.3, 0.4) is 0 Å². The zero-order valence-corrected chi connectivity index (χ0v) is 12.2. The number of nitrogen functional groups attached to an aromatic ring is 1. The molecule has 3 nitrogen and oxygen atoms in total. The Hall–Kier alpha value is -1.51. The zero-order chi connectivity index (χ0) is 14.3. The van der Waals surface area contributed by atoms with E-state index in [0.717, 1.165) is 18.4 Å². The predicted octanol–water partition coefficient (Wildman–Crippen LogP) is 3.95. The Morgan fingerprint density at radius 1 is 1.37 bits per heavy atom. The van der Waals surface area contributed by atoms with Crippen LogP contribution in [-0.4, -0.2) is 12.6 Å². The maximum absolute atomic E-state index is 12.0. The van der Waals surface area contributed by atoms with Crippen molar-refractivity contribution in [3.05, 3.63) is 29.3 Å². The highest BCUT2D eigenvalue weighted by Crippen LogP contribution is 2.19. The van der Waals surface area contributed by atoms with Gasteiger partial charge in [-0.3, -0.25) is 0 Å². The molecular weight excluding hydrogens is 238 g/mol. The lowest BCUT2D eigenvalue weighted by Gasteiger charge is -2.15. The summed E-state index contributed by atoms with van der Waals surface area (Å²) in [6.45, 7) is 6.69. The molecule has 0 aromatic heterocycles. The standard InChI is InChI=1S/C16H25NO2/c1-4-6-9-13(5-2)11-19-16(18)14-10-7-8-12(3)15(14)17/h7-8,10,13H,4-6,9,11,17H2,1-3H3. The highest BCUT2D eigenvalue weighted by Gasteiger charge is 2.14. The van der Waals surface area contributed by atoms with Crippen molar-refractivity contribution in [2.24, 2.45) is 5.92 Å². The Morgan fingerprint density at radius 3 is 2.74 bits per heavy atom. The highest BCUT2D eigenvalue weighted by molar-refractivity contribution is 5.95. The minimum atomic E-state index is -0.309. The topological polar surface area (TPSA) is 52.3 Å². The Bertz CT molecular complexity index is 415. The van der Waals surface area contributed by atoms with E-state index in [9.17, 15) is 4.79 Å². The predicted molar refractivity (Wildman–Crippen MR) is 79.2 cm³/mol. The fraction of sp³-hybridized carbons (Fsp3) is 0.562. The van der Waals surface area contributed by atoms with E-state index >= 15 is 0 Å². The molecule has 0 radical (unpaired) electrons. The molecule has 0 amide bonds. The third-order valence-corrected chi connectivity index (χ3v) is 3.54. The van der Waals surface area contributed by atoms with Gasteiger partial charge in [0, 0.05) is 5.69 Å². The van der Waals surface area contributed by atoms with Gasteiger partial charge in [-0.1, -0.05) is 45.2 Å². The monoisotopic (exact) mass is 263 g/mol. The highest BCUT2D eigenvalue weighted by atomic mass is 16.5. The first-order valence-electron chi connectivity index (χ1n) is 7.12. The number of carbonyl (C=O) groups excluding carboxylic acids is 1. The van der Waals surface area contributed by atoms with Crippen LogP contribution in [0.4, 0.5) is 5.69 Å². The Kier molecular flexibility index (Phi) is 6.40. The van der Waals surface area contributed by atoms with Crippen molar-refractivity contribution in [2.75, 3.05) is 12.3 Å². The summed E-state index contributed by atoms with van der Waals surface area (Å²) in [6, 6.07) is 5.44. The molecule has 0 saturated heterocycles. The van der Waals surface area contributed by atoms with Gasteiger partial charge in [0.05, 0.1) is 12.2 Å². The van der Waals surface area contributed by atoms with E-state index in [1.165, 1.54) is 12.8 Å². The van der Waals surface area contributed by atoms with Crippen molar-refractivity contribution in [2.45, 2.75) is 46.5 Å². The molecule has 106 valence electrons. The third-order valence-electron chi connectivity index (χ3n) is 3.54. The fourth-order valence-electron chi connectivity index (χ4n) is 2.03. The summed E-state index contributed by atoms with van der Waals surface area (Å²) in [5.74, 6) is 0.145. The lowest BCUT2D eigenvalue weighted by atomic mass is 10.0. The molecule has 0 aliphatic carbocycles. The molecule has 1 rings (SSSR count). The largest absolute Gasteiger partial charge is 0.462 e. The van der Waals surface area contributed by atoms with E-state index in [-0.39, 0.29) is 5.97 Å². The number of unbranched alkanes of at least 4 members (excludes halogenated alkanes) is 1. The van der Waals surface area contributed by atoms with Crippen LogP contribution in [0.2, 0.25) is 0 Å².